The molecule has 11 nitrogen and oxygen atoms in total. The number of nitrogens with one attached hydrogen (secondary N) is 2. The Bertz CT molecular complexity index is 1460. The molecule has 4 rings (SSSR count). The van der Waals surface area contributed by atoms with Crippen LogP contribution >= 0.6 is 0 Å². The maximum atomic E-state index is 13.0. The highest BCUT2D eigenvalue weighted by molar-refractivity contribution is 7.85. The normalized spacial score (nSPS) is 16.8. The van der Waals surface area contributed by atoms with Gasteiger partial charge in [-0.15, -0.1) is 0 Å². The summed E-state index contributed by atoms with van der Waals surface area (Å²) in [6, 6.07) is 11.0. The fourth-order valence-corrected chi connectivity index (χ4v) is 4.34. The van der Waals surface area contributed by atoms with Crippen molar-refractivity contribution < 1.29 is 32.0 Å². The second kappa shape index (κ2) is 12.9. The number of carbonyl (C=O) groups excluding carboxylic acids is 1. The van der Waals surface area contributed by atoms with Gasteiger partial charge in [0, 0.05) is 6.54 Å². The highest BCUT2D eigenvalue weighted by Gasteiger charge is 2.30. The summed E-state index contributed by atoms with van der Waals surface area (Å²) in [4.78, 5) is 29.6. The van der Waals surface area contributed by atoms with Gasteiger partial charge >= 0.3 is 0 Å². The van der Waals surface area contributed by atoms with E-state index in [-0.39, 0.29) is 29.0 Å². The third kappa shape index (κ3) is 7.47. The molecule has 210 valence electrons. The number of aromatic nitrogens is 2. The van der Waals surface area contributed by atoms with Gasteiger partial charge < -0.3 is 20.5 Å². The number of halogens is 1. The fourth-order valence-electron chi connectivity index (χ4n) is 3.86. The lowest BCUT2D eigenvalue weighted by Crippen LogP contribution is -2.36. The minimum Gasteiger partial charge on any atom is -0.501 e. The second-order valence-electron chi connectivity index (χ2n) is 8.88. The molecule has 0 saturated heterocycles. The first-order valence-electron chi connectivity index (χ1n) is 12.1. The second-order valence-corrected chi connectivity index (χ2v) is 10.3. The van der Waals surface area contributed by atoms with E-state index < -0.39 is 33.4 Å². The molecule has 2 atom stereocenters. The SMILES string of the molecule is CC[C@H]1COC[C@@H](NC)c2nc(C(=O)NCc3ccc(F)cc3)c(O)c(=O)n21.Cc1ccc(S(=O)(=O)O)cc1. The number of hydrogen-bond acceptors (Lipinski definition) is 8. The topological polar surface area (TPSA) is 160 Å². The Balaban J connectivity index is 0.000000320. The summed E-state index contributed by atoms with van der Waals surface area (Å²) in [5.41, 5.74) is 0.621. The zero-order valence-corrected chi connectivity index (χ0v) is 22.5. The van der Waals surface area contributed by atoms with Crippen molar-refractivity contribution in [2.45, 2.75) is 43.8 Å². The Labute approximate surface area is 225 Å². The molecule has 13 heteroatoms. The van der Waals surface area contributed by atoms with Gasteiger partial charge in [0.25, 0.3) is 21.6 Å². The number of nitrogens with zero attached hydrogens (tertiary/aromatic N) is 2. The molecule has 1 aliphatic heterocycles. The van der Waals surface area contributed by atoms with Gasteiger partial charge in [0.15, 0.2) is 5.69 Å². The number of aromatic hydroxyl groups is 1. The largest absolute Gasteiger partial charge is 0.501 e. The minimum atomic E-state index is -4.02. The summed E-state index contributed by atoms with van der Waals surface area (Å²) < 4.78 is 49.6. The predicted octanol–water partition coefficient (Wildman–Crippen LogP) is 2.50. The van der Waals surface area contributed by atoms with E-state index in [2.05, 4.69) is 15.6 Å². The van der Waals surface area contributed by atoms with E-state index in [4.69, 9.17) is 9.29 Å². The number of fused-ring (bicyclic) bond motifs is 1. The van der Waals surface area contributed by atoms with E-state index in [1.807, 2.05) is 13.8 Å². The summed E-state index contributed by atoms with van der Waals surface area (Å²) in [6.07, 6.45) is 0.612. The predicted molar refractivity (Wildman–Crippen MR) is 141 cm³/mol. The molecule has 0 fully saturated rings. The lowest BCUT2D eigenvalue weighted by atomic mass is 10.2. The molecule has 2 aromatic carbocycles. The number of rotatable bonds is 6. The van der Waals surface area contributed by atoms with Crippen molar-refractivity contribution in [3.8, 4) is 5.75 Å². The highest BCUT2D eigenvalue weighted by atomic mass is 32.2. The van der Waals surface area contributed by atoms with Crippen molar-refractivity contribution in [3.05, 3.63) is 87.3 Å². The van der Waals surface area contributed by atoms with Crippen molar-refractivity contribution in [2.75, 3.05) is 20.3 Å². The molecule has 39 heavy (non-hydrogen) atoms. The number of ether oxygens (including phenoxy) is 1. The number of amides is 1. The van der Waals surface area contributed by atoms with E-state index in [1.54, 1.807) is 19.2 Å². The summed E-state index contributed by atoms with van der Waals surface area (Å²) in [5.74, 6) is -1.41. The maximum absolute atomic E-state index is 13.0. The first-order valence-corrected chi connectivity index (χ1v) is 13.6. The fraction of sp³-hybridized carbons (Fsp3) is 0.346. The molecule has 0 aliphatic carbocycles. The van der Waals surface area contributed by atoms with Crippen molar-refractivity contribution in [2.24, 2.45) is 0 Å². The molecule has 0 bridgehead atoms. The summed E-state index contributed by atoms with van der Waals surface area (Å²) in [5, 5.41) is 16.0. The van der Waals surface area contributed by atoms with Crippen molar-refractivity contribution in [3.63, 3.8) is 0 Å². The Kier molecular flexibility index (Phi) is 9.92. The lowest BCUT2D eigenvalue weighted by molar-refractivity contribution is 0.0941. The van der Waals surface area contributed by atoms with Crippen LogP contribution in [0.1, 0.15) is 52.9 Å². The maximum Gasteiger partial charge on any atom is 0.296 e. The Morgan fingerprint density at radius 1 is 1.15 bits per heavy atom. The van der Waals surface area contributed by atoms with Crippen LogP contribution in [0.5, 0.6) is 5.75 Å². The van der Waals surface area contributed by atoms with Gasteiger partial charge in [0.05, 0.1) is 30.2 Å². The standard InChI is InChI=1S/C19H23FN4O4.C7H8O3S/c1-3-13-9-28-10-14(21-2)17-23-15(16(25)19(27)24(13)17)18(26)22-8-11-4-6-12(20)7-5-11;1-6-2-4-7(5-3-6)11(8,9)10/h4-7,13-14,21,25H,3,8-10H2,1-2H3,(H,22,26);2-5H,1H3,(H,8,9,10)/t13-,14+;/m0./s1. The number of carbonyl (C=O) groups is 1. The quantitative estimate of drug-likeness (QED) is 0.331. The zero-order chi connectivity index (χ0) is 28.7. The molecule has 0 saturated carbocycles. The van der Waals surface area contributed by atoms with Crippen molar-refractivity contribution in [1.82, 2.24) is 20.2 Å². The lowest BCUT2D eigenvalue weighted by Gasteiger charge is -2.21. The van der Waals surface area contributed by atoms with Crippen LogP contribution in [0.2, 0.25) is 0 Å². The van der Waals surface area contributed by atoms with Gasteiger partial charge in [-0.2, -0.15) is 8.42 Å². The Morgan fingerprint density at radius 3 is 2.36 bits per heavy atom. The van der Waals surface area contributed by atoms with Gasteiger partial charge in [0.1, 0.15) is 11.6 Å². The minimum absolute atomic E-state index is 0.0666. The van der Waals surface area contributed by atoms with Gasteiger partial charge in [-0.25, -0.2) is 9.37 Å². The van der Waals surface area contributed by atoms with E-state index in [1.165, 1.54) is 41.0 Å². The summed E-state index contributed by atoms with van der Waals surface area (Å²) in [7, 11) is -2.31. The molecule has 4 N–H and O–H groups in total. The first kappa shape index (κ1) is 29.9. The summed E-state index contributed by atoms with van der Waals surface area (Å²) in [6.45, 7) is 4.46. The third-order valence-electron chi connectivity index (χ3n) is 6.11. The first-order chi connectivity index (χ1) is 18.5. The Hall–Kier alpha value is -3.65. The van der Waals surface area contributed by atoms with Crippen LogP contribution in [-0.4, -0.2) is 53.8 Å². The van der Waals surface area contributed by atoms with E-state index in [0.29, 0.717) is 31.0 Å². The molecule has 0 unspecified atom stereocenters. The Morgan fingerprint density at radius 2 is 1.79 bits per heavy atom. The van der Waals surface area contributed by atoms with Gasteiger partial charge in [-0.3, -0.25) is 18.7 Å². The van der Waals surface area contributed by atoms with Crippen LogP contribution in [-0.2, 0) is 21.4 Å². The zero-order valence-electron chi connectivity index (χ0n) is 21.7. The van der Waals surface area contributed by atoms with Crippen molar-refractivity contribution >= 4 is 16.0 Å². The van der Waals surface area contributed by atoms with Crippen molar-refractivity contribution in [1.29, 1.82) is 0 Å². The smallest absolute Gasteiger partial charge is 0.296 e. The van der Waals surface area contributed by atoms with E-state index >= 15 is 0 Å². The van der Waals surface area contributed by atoms with E-state index in [9.17, 15) is 27.5 Å². The van der Waals surface area contributed by atoms with Crippen LogP contribution < -0.4 is 16.2 Å². The molecular weight excluding hydrogens is 531 g/mol. The molecule has 1 amide bonds. The molecule has 1 aliphatic rings. The molecule has 1 aromatic heterocycles. The number of benzene rings is 2. The van der Waals surface area contributed by atoms with Gasteiger partial charge in [-0.1, -0.05) is 36.8 Å². The number of likely N-dealkylation sites (N-methyl/N-ethyl adjacent to an activating group) is 1. The summed E-state index contributed by atoms with van der Waals surface area (Å²) >= 11 is 0. The average Bonchev–Trinajstić information content (AvgIpc) is 3.09. The number of hydrogen-bond donors (Lipinski definition) is 4. The van der Waals surface area contributed by atoms with Crippen LogP contribution in [0, 0.1) is 12.7 Å². The highest BCUT2D eigenvalue weighted by Crippen LogP contribution is 2.24. The van der Waals surface area contributed by atoms with Crippen LogP contribution in [0.15, 0.2) is 58.2 Å². The molecular formula is C26H31FN4O7S. The van der Waals surface area contributed by atoms with Crippen LogP contribution in [0.4, 0.5) is 4.39 Å². The third-order valence-corrected chi connectivity index (χ3v) is 6.98. The van der Waals surface area contributed by atoms with Gasteiger partial charge in [0.2, 0.25) is 5.75 Å². The average molecular weight is 563 g/mol. The van der Waals surface area contributed by atoms with Crippen LogP contribution in [0.25, 0.3) is 0 Å². The molecule has 2 heterocycles. The monoisotopic (exact) mass is 562 g/mol. The van der Waals surface area contributed by atoms with Gasteiger partial charge in [-0.05, 0) is 50.2 Å². The van der Waals surface area contributed by atoms with Crippen LogP contribution in [0.3, 0.4) is 0 Å². The van der Waals surface area contributed by atoms with E-state index in [0.717, 1.165) is 5.56 Å². The molecule has 0 spiro atoms. The molecule has 3 aromatic rings. The molecule has 0 radical (unpaired) electrons. The number of aryl methyl sites for hydroxylation is 1.